The lowest BCUT2D eigenvalue weighted by molar-refractivity contribution is -0.902. The van der Waals surface area contributed by atoms with Crippen molar-refractivity contribution in [2.45, 2.75) is 33.6 Å². The molecule has 174 valence electrons. The van der Waals surface area contributed by atoms with Crippen LogP contribution in [0.5, 0.6) is 0 Å². The highest BCUT2D eigenvalue weighted by molar-refractivity contribution is 7.80. The van der Waals surface area contributed by atoms with Gasteiger partial charge in [-0.3, -0.25) is 4.79 Å². The molecular formula is C24H35N4O3S+. The molecule has 0 bridgehead atoms. The molecule has 1 saturated heterocycles. The molecule has 3 N–H and O–H groups in total. The predicted molar refractivity (Wildman–Crippen MR) is 130 cm³/mol. The van der Waals surface area contributed by atoms with Crippen molar-refractivity contribution < 1.29 is 19.2 Å². The largest absolute Gasteiger partial charge is 0.462 e. The van der Waals surface area contributed by atoms with Crippen LogP contribution in [-0.4, -0.2) is 67.6 Å². The monoisotopic (exact) mass is 459 g/mol. The number of benzene rings is 1. The Kier molecular flexibility index (Phi) is 8.26. The van der Waals surface area contributed by atoms with Gasteiger partial charge in [-0.25, -0.2) is 4.79 Å². The zero-order chi connectivity index (χ0) is 23.1. The number of nitrogens with one attached hydrogen (secondary N) is 3. The first-order valence-electron chi connectivity index (χ1n) is 11.4. The Morgan fingerprint density at radius 1 is 1.22 bits per heavy atom. The minimum absolute atomic E-state index is 0.0437. The van der Waals surface area contributed by atoms with Crippen LogP contribution in [0.2, 0.25) is 0 Å². The van der Waals surface area contributed by atoms with E-state index in [4.69, 9.17) is 17.0 Å². The number of ether oxygens (including phenoxy) is 1. The standard InChI is InChI=1S/C24H34N4O3S/c1-4-31-22(30)18-5-7-19(8-6-18)26-23(32)28-13-11-27(12-14-28)10-9-25-20-15-21(29)17-24(2,3)16-20/h5-8,16,25H,4,9-15,17H2,1-3H3,(H,26,32)/p+1. The molecule has 2 aliphatic rings. The molecule has 0 radical (unpaired) electrons. The summed E-state index contributed by atoms with van der Waals surface area (Å²) in [5.74, 6) is 0.00260. The summed E-state index contributed by atoms with van der Waals surface area (Å²) >= 11 is 5.59. The summed E-state index contributed by atoms with van der Waals surface area (Å²) in [7, 11) is 0. The van der Waals surface area contributed by atoms with Gasteiger partial charge in [0.2, 0.25) is 0 Å². The fourth-order valence-electron chi connectivity index (χ4n) is 4.25. The molecule has 8 heteroatoms. The van der Waals surface area contributed by atoms with Crippen LogP contribution in [0.25, 0.3) is 0 Å². The van der Waals surface area contributed by atoms with E-state index in [1.807, 2.05) is 12.1 Å². The number of Topliss-reactive ketones (excluding diaryl/α,β-unsaturated/α-hetero) is 1. The first kappa shape index (κ1) is 24.2. The van der Waals surface area contributed by atoms with Crippen molar-refractivity contribution in [3.63, 3.8) is 0 Å². The van der Waals surface area contributed by atoms with Crippen molar-refractivity contribution in [1.82, 2.24) is 10.2 Å². The van der Waals surface area contributed by atoms with Crippen molar-refractivity contribution in [2.24, 2.45) is 5.41 Å². The summed E-state index contributed by atoms with van der Waals surface area (Å²) in [4.78, 5) is 27.4. The van der Waals surface area contributed by atoms with Gasteiger partial charge in [0.1, 0.15) is 5.78 Å². The van der Waals surface area contributed by atoms with Crippen LogP contribution in [0, 0.1) is 5.41 Å². The predicted octanol–water partition coefficient (Wildman–Crippen LogP) is 1.62. The Hall–Kier alpha value is -2.45. The molecule has 3 rings (SSSR count). The highest BCUT2D eigenvalue weighted by atomic mass is 32.1. The van der Waals surface area contributed by atoms with Gasteiger partial charge >= 0.3 is 5.97 Å². The van der Waals surface area contributed by atoms with E-state index < -0.39 is 0 Å². The molecule has 1 fully saturated rings. The summed E-state index contributed by atoms with van der Waals surface area (Å²) in [6, 6.07) is 7.18. The highest BCUT2D eigenvalue weighted by Crippen LogP contribution is 2.29. The second kappa shape index (κ2) is 10.9. The maximum Gasteiger partial charge on any atom is 0.338 e. The number of esters is 1. The maximum atomic E-state index is 11.9. The quantitative estimate of drug-likeness (QED) is 0.423. The third kappa shape index (κ3) is 7.03. The molecule has 1 aromatic rings. The zero-order valence-corrected chi connectivity index (χ0v) is 20.1. The lowest BCUT2D eigenvalue weighted by atomic mass is 9.81. The van der Waals surface area contributed by atoms with Crippen LogP contribution >= 0.6 is 12.2 Å². The van der Waals surface area contributed by atoms with E-state index in [-0.39, 0.29) is 11.4 Å². The molecule has 0 unspecified atom stereocenters. The van der Waals surface area contributed by atoms with E-state index in [2.05, 4.69) is 35.5 Å². The molecule has 0 aromatic heterocycles. The molecular weight excluding hydrogens is 424 g/mol. The number of allylic oxidation sites excluding steroid dienone is 2. The number of hydrogen-bond donors (Lipinski definition) is 3. The average molecular weight is 460 g/mol. The fourth-order valence-corrected chi connectivity index (χ4v) is 4.55. The van der Waals surface area contributed by atoms with Gasteiger partial charge in [0.25, 0.3) is 0 Å². The second-order valence-electron chi connectivity index (χ2n) is 9.19. The first-order chi connectivity index (χ1) is 15.3. The molecule has 0 atom stereocenters. The number of hydrogen-bond acceptors (Lipinski definition) is 5. The minimum Gasteiger partial charge on any atom is -0.462 e. The zero-order valence-electron chi connectivity index (χ0n) is 19.3. The van der Waals surface area contributed by atoms with Crippen molar-refractivity contribution in [3.05, 3.63) is 41.6 Å². The molecule has 32 heavy (non-hydrogen) atoms. The van der Waals surface area contributed by atoms with E-state index >= 15 is 0 Å². The van der Waals surface area contributed by atoms with Gasteiger partial charge in [0.05, 0.1) is 51.4 Å². The average Bonchev–Trinajstić information content (AvgIpc) is 2.73. The number of quaternary nitrogens is 1. The summed E-state index contributed by atoms with van der Waals surface area (Å²) in [6.07, 6.45) is 3.38. The molecule has 0 spiro atoms. The molecule has 0 saturated carbocycles. The molecule has 1 aliphatic carbocycles. The van der Waals surface area contributed by atoms with Gasteiger partial charge in [0, 0.05) is 24.2 Å². The van der Waals surface area contributed by atoms with Gasteiger partial charge in [-0.05, 0) is 48.8 Å². The normalized spacial score (nSPS) is 18.7. The van der Waals surface area contributed by atoms with Gasteiger partial charge in [-0.2, -0.15) is 0 Å². The summed E-state index contributed by atoms with van der Waals surface area (Å²) in [5, 5.41) is 7.45. The minimum atomic E-state index is -0.315. The van der Waals surface area contributed by atoms with Gasteiger partial charge in [-0.15, -0.1) is 0 Å². The fraction of sp³-hybridized carbons (Fsp3) is 0.542. The van der Waals surface area contributed by atoms with E-state index in [0.717, 1.165) is 50.7 Å². The summed E-state index contributed by atoms with van der Waals surface area (Å²) in [6.45, 7) is 12.1. The van der Waals surface area contributed by atoms with Crippen molar-refractivity contribution in [1.29, 1.82) is 0 Å². The Bertz CT molecular complexity index is 859. The molecule has 1 heterocycles. The van der Waals surface area contributed by atoms with Gasteiger partial charge in [-0.1, -0.05) is 19.9 Å². The van der Waals surface area contributed by atoms with E-state index in [1.165, 1.54) is 4.90 Å². The summed E-state index contributed by atoms with van der Waals surface area (Å²) < 4.78 is 5.01. The highest BCUT2D eigenvalue weighted by Gasteiger charge is 2.26. The number of nitrogens with zero attached hydrogens (tertiary/aromatic N) is 1. The van der Waals surface area contributed by atoms with Crippen LogP contribution in [0.3, 0.4) is 0 Å². The molecule has 7 nitrogen and oxygen atoms in total. The number of carbonyl (C=O) groups excluding carboxylic acids is 2. The number of rotatable bonds is 7. The first-order valence-corrected chi connectivity index (χ1v) is 11.8. The van der Waals surface area contributed by atoms with E-state index in [0.29, 0.717) is 35.9 Å². The lowest BCUT2D eigenvalue weighted by Gasteiger charge is -2.34. The molecule has 1 aliphatic heterocycles. The second-order valence-corrected chi connectivity index (χ2v) is 9.58. The maximum absolute atomic E-state index is 11.9. The van der Waals surface area contributed by atoms with E-state index in [1.54, 1.807) is 19.1 Å². The number of ketones is 1. The van der Waals surface area contributed by atoms with Crippen LogP contribution in [0.15, 0.2) is 36.0 Å². The van der Waals surface area contributed by atoms with Gasteiger partial charge < -0.3 is 25.2 Å². The number of anilines is 1. The molecule has 0 amide bonds. The van der Waals surface area contributed by atoms with Crippen LogP contribution in [-0.2, 0) is 9.53 Å². The third-order valence-corrected chi connectivity index (χ3v) is 6.20. The third-order valence-electron chi connectivity index (χ3n) is 5.84. The lowest BCUT2D eigenvalue weighted by Crippen LogP contribution is -3.15. The Morgan fingerprint density at radius 2 is 1.91 bits per heavy atom. The Morgan fingerprint density at radius 3 is 2.53 bits per heavy atom. The number of thiocarbonyl (C=S) groups is 1. The van der Waals surface area contributed by atoms with Gasteiger partial charge in [0.15, 0.2) is 5.11 Å². The van der Waals surface area contributed by atoms with Crippen LogP contribution < -0.4 is 15.5 Å². The van der Waals surface area contributed by atoms with Crippen LogP contribution in [0.4, 0.5) is 5.69 Å². The Balaban J connectivity index is 1.39. The summed E-state index contributed by atoms with van der Waals surface area (Å²) in [5.41, 5.74) is 2.42. The smallest absolute Gasteiger partial charge is 0.338 e. The van der Waals surface area contributed by atoms with Crippen LogP contribution in [0.1, 0.15) is 44.0 Å². The topological polar surface area (TPSA) is 75.1 Å². The SMILES string of the molecule is CCOC(=O)c1ccc(NC(=S)N2CC[NH+](CCNC3=CC(C)(C)CC(=O)C3)CC2)cc1. The Labute approximate surface area is 196 Å². The number of piperazine rings is 1. The van der Waals surface area contributed by atoms with Crippen molar-refractivity contribution >= 4 is 34.8 Å². The van der Waals surface area contributed by atoms with E-state index in [9.17, 15) is 9.59 Å². The van der Waals surface area contributed by atoms with Crippen molar-refractivity contribution in [3.8, 4) is 0 Å². The van der Waals surface area contributed by atoms with Crippen molar-refractivity contribution in [2.75, 3.05) is 51.2 Å². The molecule has 1 aromatic carbocycles. The number of carbonyl (C=O) groups is 2.